The average molecular weight is 742 g/mol. The smallest absolute Gasteiger partial charge is 0.0465 e. The summed E-state index contributed by atoms with van der Waals surface area (Å²) in [5.41, 5.74) is 15.1. The Labute approximate surface area is 341 Å². The van der Waals surface area contributed by atoms with Crippen molar-refractivity contribution in [2.24, 2.45) is 0 Å². The standard InChI is InChI=1S/C57H43N/c1-5-14-48-38(2)57(3,4)56-37-47(32-34-54(48)56)58(45-28-23-40(24-29-45)39-15-7-6-8-16-39)46-30-25-41(26-31-46)42-17-13-18-43(35-42)44-27-33-53-51-21-10-9-19-49(51)50-20-11-12-22-52(50)55(53)36-44/h5-37H,1-2H2,3-4H3/b48-14+. The molecule has 0 N–H and O–H groups in total. The van der Waals surface area contributed by atoms with Gasteiger partial charge in [0.25, 0.3) is 0 Å². The fourth-order valence-electron chi connectivity index (χ4n) is 9.04. The molecular formula is C57H43N. The van der Waals surface area contributed by atoms with Crippen LogP contribution in [0.3, 0.4) is 0 Å². The Balaban J connectivity index is 1.04. The summed E-state index contributed by atoms with van der Waals surface area (Å²) in [5, 5.41) is 7.74. The molecule has 0 aliphatic heterocycles. The van der Waals surface area contributed by atoms with Gasteiger partial charge in [-0.2, -0.15) is 0 Å². The maximum absolute atomic E-state index is 4.52. The number of fused-ring (bicyclic) bond motifs is 7. The molecule has 0 amide bonds. The van der Waals surface area contributed by atoms with Crippen LogP contribution < -0.4 is 4.90 Å². The van der Waals surface area contributed by atoms with Crippen LogP contribution in [0.15, 0.2) is 219 Å². The lowest BCUT2D eigenvalue weighted by Gasteiger charge is -2.28. The van der Waals surface area contributed by atoms with Gasteiger partial charge in [0, 0.05) is 22.5 Å². The van der Waals surface area contributed by atoms with Crippen molar-refractivity contribution in [2.75, 3.05) is 4.90 Å². The van der Waals surface area contributed by atoms with Crippen molar-refractivity contribution in [3.8, 4) is 33.4 Å². The summed E-state index contributed by atoms with van der Waals surface area (Å²) in [5.74, 6) is 0. The van der Waals surface area contributed by atoms with Gasteiger partial charge < -0.3 is 4.90 Å². The van der Waals surface area contributed by atoms with Crippen LogP contribution in [-0.2, 0) is 5.41 Å². The first-order valence-corrected chi connectivity index (χ1v) is 20.1. The van der Waals surface area contributed by atoms with Crippen LogP contribution in [0.2, 0.25) is 0 Å². The van der Waals surface area contributed by atoms with Gasteiger partial charge in [0.15, 0.2) is 0 Å². The molecule has 1 nitrogen and oxygen atoms in total. The lowest BCUT2D eigenvalue weighted by molar-refractivity contribution is 0.663. The van der Waals surface area contributed by atoms with Crippen molar-refractivity contribution >= 4 is 55.0 Å². The fraction of sp³-hybridized carbons (Fsp3) is 0.0526. The van der Waals surface area contributed by atoms with Crippen LogP contribution in [0.4, 0.5) is 17.1 Å². The lowest BCUT2D eigenvalue weighted by Crippen LogP contribution is -2.16. The first-order chi connectivity index (χ1) is 28.4. The van der Waals surface area contributed by atoms with E-state index in [1.165, 1.54) is 76.8 Å². The fourth-order valence-corrected chi connectivity index (χ4v) is 9.04. The van der Waals surface area contributed by atoms with E-state index in [9.17, 15) is 0 Å². The molecular weight excluding hydrogens is 699 g/mol. The van der Waals surface area contributed by atoms with E-state index in [1.807, 2.05) is 6.08 Å². The summed E-state index contributed by atoms with van der Waals surface area (Å²) in [6.07, 6.45) is 3.95. The van der Waals surface area contributed by atoms with Crippen LogP contribution in [0.25, 0.3) is 71.3 Å². The molecule has 0 saturated carbocycles. The molecule has 58 heavy (non-hydrogen) atoms. The highest BCUT2D eigenvalue weighted by Gasteiger charge is 2.37. The molecule has 9 aromatic carbocycles. The van der Waals surface area contributed by atoms with Crippen LogP contribution in [0.5, 0.6) is 0 Å². The molecule has 0 fully saturated rings. The molecule has 10 rings (SSSR count). The molecule has 0 saturated heterocycles. The van der Waals surface area contributed by atoms with Gasteiger partial charge in [-0.3, -0.25) is 0 Å². The highest BCUT2D eigenvalue weighted by Crippen LogP contribution is 2.51. The monoisotopic (exact) mass is 741 g/mol. The van der Waals surface area contributed by atoms with Crippen molar-refractivity contribution in [1.29, 1.82) is 0 Å². The first-order valence-electron chi connectivity index (χ1n) is 20.1. The van der Waals surface area contributed by atoms with Crippen LogP contribution in [-0.4, -0.2) is 0 Å². The number of nitrogens with zero attached hydrogens (tertiary/aromatic N) is 1. The summed E-state index contributed by atoms with van der Waals surface area (Å²) >= 11 is 0. The Morgan fingerprint density at radius 3 is 1.47 bits per heavy atom. The van der Waals surface area contributed by atoms with Crippen LogP contribution >= 0.6 is 0 Å². The van der Waals surface area contributed by atoms with Gasteiger partial charge >= 0.3 is 0 Å². The van der Waals surface area contributed by atoms with Gasteiger partial charge in [-0.05, 0) is 137 Å². The number of anilines is 3. The Hall–Kier alpha value is -7.22. The third-order valence-corrected chi connectivity index (χ3v) is 12.2. The SMILES string of the molecule is C=C/C=C1\C(=C)C(C)(C)c2cc(N(c3ccc(-c4ccccc4)cc3)c3ccc(-c4cccc(-c5ccc6c7ccccc7c7ccccc7c6c5)c4)cc3)ccc21. The van der Waals surface area contributed by atoms with E-state index < -0.39 is 0 Å². The molecule has 0 bridgehead atoms. The van der Waals surface area contributed by atoms with Gasteiger partial charge in [-0.15, -0.1) is 0 Å². The third-order valence-electron chi connectivity index (χ3n) is 12.2. The summed E-state index contributed by atoms with van der Waals surface area (Å²) in [7, 11) is 0. The molecule has 1 aliphatic rings. The molecule has 276 valence electrons. The van der Waals surface area contributed by atoms with Crippen molar-refractivity contribution in [3.63, 3.8) is 0 Å². The van der Waals surface area contributed by atoms with E-state index >= 15 is 0 Å². The van der Waals surface area contributed by atoms with Crippen molar-refractivity contribution < 1.29 is 0 Å². The number of rotatable bonds is 7. The molecule has 0 atom stereocenters. The Morgan fingerprint density at radius 2 is 0.862 bits per heavy atom. The van der Waals surface area contributed by atoms with E-state index in [-0.39, 0.29) is 5.41 Å². The lowest BCUT2D eigenvalue weighted by atomic mass is 9.83. The molecule has 1 aliphatic carbocycles. The molecule has 0 heterocycles. The van der Waals surface area contributed by atoms with E-state index in [2.05, 4.69) is 226 Å². The van der Waals surface area contributed by atoms with Gasteiger partial charge in [0.2, 0.25) is 0 Å². The number of hydrogen-bond acceptors (Lipinski definition) is 1. The zero-order chi connectivity index (χ0) is 39.4. The van der Waals surface area contributed by atoms with E-state index in [0.717, 1.165) is 28.2 Å². The summed E-state index contributed by atoms with van der Waals surface area (Å²) in [4.78, 5) is 2.37. The summed E-state index contributed by atoms with van der Waals surface area (Å²) < 4.78 is 0. The second kappa shape index (κ2) is 14.1. The highest BCUT2D eigenvalue weighted by molar-refractivity contribution is 6.25. The van der Waals surface area contributed by atoms with Crippen LogP contribution in [0.1, 0.15) is 25.0 Å². The average Bonchev–Trinajstić information content (AvgIpc) is 3.47. The molecule has 1 heteroatoms. The van der Waals surface area contributed by atoms with Gasteiger partial charge in [-0.25, -0.2) is 0 Å². The topological polar surface area (TPSA) is 3.24 Å². The maximum atomic E-state index is 4.52. The normalized spacial score (nSPS) is 14.0. The number of benzene rings is 9. The second-order valence-electron chi connectivity index (χ2n) is 15.9. The van der Waals surface area contributed by atoms with Crippen molar-refractivity contribution in [1.82, 2.24) is 0 Å². The minimum Gasteiger partial charge on any atom is -0.310 e. The van der Waals surface area contributed by atoms with E-state index in [0.29, 0.717) is 0 Å². The maximum Gasteiger partial charge on any atom is 0.0465 e. The largest absolute Gasteiger partial charge is 0.310 e. The van der Waals surface area contributed by atoms with E-state index in [4.69, 9.17) is 0 Å². The van der Waals surface area contributed by atoms with E-state index in [1.54, 1.807) is 0 Å². The van der Waals surface area contributed by atoms with Gasteiger partial charge in [0.1, 0.15) is 0 Å². The molecule has 0 radical (unpaired) electrons. The minimum absolute atomic E-state index is 0.205. The molecule has 0 unspecified atom stereocenters. The molecule has 9 aromatic rings. The summed E-state index contributed by atoms with van der Waals surface area (Å²) in [6.45, 7) is 13.0. The van der Waals surface area contributed by atoms with Gasteiger partial charge in [-0.1, -0.05) is 179 Å². The third kappa shape index (κ3) is 5.87. The molecule has 0 aromatic heterocycles. The predicted molar refractivity (Wildman–Crippen MR) is 250 cm³/mol. The zero-order valence-corrected chi connectivity index (χ0v) is 32.9. The Kier molecular flexibility index (Phi) is 8.54. The van der Waals surface area contributed by atoms with Crippen molar-refractivity contribution in [3.05, 3.63) is 230 Å². The van der Waals surface area contributed by atoms with Gasteiger partial charge in [0.05, 0.1) is 0 Å². The molecule has 0 spiro atoms. The zero-order valence-electron chi connectivity index (χ0n) is 32.9. The van der Waals surface area contributed by atoms with Crippen LogP contribution in [0, 0.1) is 0 Å². The summed E-state index contributed by atoms with van der Waals surface area (Å²) in [6, 6.07) is 68.8. The minimum atomic E-state index is -0.205. The predicted octanol–water partition coefficient (Wildman–Crippen LogP) is 16.0. The quantitative estimate of drug-likeness (QED) is 0.147. The second-order valence-corrected chi connectivity index (χ2v) is 15.9. The Morgan fingerprint density at radius 1 is 0.414 bits per heavy atom. The number of allylic oxidation sites excluding steroid dienone is 4. The van der Waals surface area contributed by atoms with Crippen molar-refractivity contribution in [2.45, 2.75) is 19.3 Å². The highest BCUT2D eigenvalue weighted by atomic mass is 15.1. The Bertz CT molecular complexity index is 3050. The first kappa shape index (κ1) is 35.2. The number of hydrogen-bond donors (Lipinski definition) is 0.